The molecule has 1 aromatic heterocycles. The van der Waals surface area contributed by atoms with Gasteiger partial charge in [0.25, 0.3) is 5.56 Å². The summed E-state index contributed by atoms with van der Waals surface area (Å²) in [5.41, 5.74) is 0.835. The molecule has 1 heterocycles. The van der Waals surface area contributed by atoms with Crippen molar-refractivity contribution in [3.63, 3.8) is 0 Å². The third-order valence-electron chi connectivity index (χ3n) is 2.31. The van der Waals surface area contributed by atoms with Crippen molar-refractivity contribution in [2.24, 2.45) is 0 Å². The molecule has 0 aliphatic heterocycles. The Morgan fingerprint density at radius 3 is 2.67 bits per heavy atom. The minimum absolute atomic E-state index is 0.152. The quantitative estimate of drug-likeness (QED) is 0.752. The molecule has 0 saturated carbocycles. The molecular formula is C11H11ClN2O. The zero-order chi connectivity index (χ0) is 11.0. The highest BCUT2D eigenvalue weighted by molar-refractivity contribution is 6.30. The van der Waals surface area contributed by atoms with Crippen molar-refractivity contribution in [1.82, 2.24) is 4.98 Å². The molecule has 1 N–H and O–H groups in total. The van der Waals surface area contributed by atoms with Crippen LogP contribution in [-0.4, -0.2) is 19.1 Å². The Labute approximate surface area is 92.3 Å². The van der Waals surface area contributed by atoms with E-state index in [1.807, 2.05) is 31.1 Å². The van der Waals surface area contributed by atoms with Gasteiger partial charge in [-0.1, -0.05) is 17.7 Å². The first-order valence-corrected chi connectivity index (χ1v) is 4.96. The van der Waals surface area contributed by atoms with Gasteiger partial charge in [0.05, 0.1) is 0 Å². The summed E-state index contributed by atoms with van der Waals surface area (Å²) in [7, 11) is 3.87. The second-order valence-electron chi connectivity index (χ2n) is 3.58. The highest BCUT2D eigenvalue weighted by Crippen LogP contribution is 2.24. The first-order valence-electron chi connectivity index (χ1n) is 4.58. The van der Waals surface area contributed by atoms with Gasteiger partial charge in [-0.25, -0.2) is 0 Å². The van der Waals surface area contributed by atoms with E-state index in [0.29, 0.717) is 10.5 Å². The maximum atomic E-state index is 11.6. The maximum absolute atomic E-state index is 11.6. The van der Waals surface area contributed by atoms with Crippen LogP contribution in [-0.2, 0) is 0 Å². The van der Waals surface area contributed by atoms with Gasteiger partial charge in [0.2, 0.25) is 0 Å². The highest BCUT2D eigenvalue weighted by atomic mass is 35.5. The summed E-state index contributed by atoms with van der Waals surface area (Å²) >= 11 is 5.83. The van der Waals surface area contributed by atoms with Crippen LogP contribution in [0.3, 0.4) is 0 Å². The monoisotopic (exact) mass is 222 g/mol. The van der Waals surface area contributed by atoms with Crippen molar-refractivity contribution in [1.29, 1.82) is 0 Å². The van der Waals surface area contributed by atoms with Gasteiger partial charge in [0.15, 0.2) is 0 Å². The van der Waals surface area contributed by atoms with Crippen molar-refractivity contribution in [2.45, 2.75) is 0 Å². The predicted molar refractivity (Wildman–Crippen MR) is 63.9 cm³/mol. The van der Waals surface area contributed by atoms with Gasteiger partial charge in [0.1, 0.15) is 5.15 Å². The molecule has 1 aromatic carbocycles. The lowest BCUT2D eigenvalue weighted by atomic mass is 10.1. The van der Waals surface area contributed by atoms with Crippen LogP contribution in [0.25, 0.3) is 10.8 Å². The number of rotatable bonds is 1. The average molecular weight is 223 g/mol. The van der Waals surface area contributed by atoms with Crippen LogP contribution in [0, 0.1) is 0 Å². The second-order valence-corrected chi connectivity index (χ2v) is 3.99. The molecule has 0 bridgehead atoms. The van der Waals surface area contributed by atoms with E-state index < -0.39 is 0 Å². The summed E-state index contributed by atoms with van der Waals surface area (Å²) in [4.78, 5) is 16.1. The van der Waals surface area contributed by atoms with E-state index in [2.05, 4.69) is 4.98 Å². The molecule has 2 rings (SSSR count). The Morgan fingerprint density at radius 2 is 2.00 bits per heavy atom. The summed E-state index contributed by atoms with van der Waals surface area (Å²) in [6.07, 6.45) is 0. The normalized spacial score (nSPS) is 10.6. The van der Waals surface area contributed by atoms with E-state index in [1.165, 1.54) is 0 Å². The van der Waals surface area contributed by atoms with Crippen LogP contribution < -0.4 is 10.5 Å². The number of pyridine rings is 1. The second kappa shape index (κ2) is 3.59. The number of aromatic amines is 1. The number of H-pyrrole nitrogens is 1. The molecule has 2 aromatic rings. The largest absolute Gasteiger partial charge is 0.377 e. The Hall–Kier alpha value is -1.48. The third-order valence-corrected chi connectivity index (χ3v) is 2.52. The van der Waals surface area contributed by atoms with Gasteiger partial charge in [-0.2, -0.15) is 0 Å². The summed E-state index contributed by atoms with van der Waals surface area (Å²) in [5.74, 6) is 0. The van der Waals surface area contributed by atoms with Gasteiger partial charge in [-0.3, -0.25) is 4.79 Å². The van der Waals surface area contributed by atoms with Gasteiger partial charge in [-0.05, 0) is 18.2 Å². The van der Waals surface area contributed by atoms with Gasteiger partial charge in [0, 0.05) is 30.6 Å². The molecule has 0 amide bonds. The van der Waals surface area contributed by atoms with Crippen LogP contribution in [0.15, 0.2) is 29.1 Å². The molecule has 15 heavy (non-hydrogen) atoms. The molecule has 0 aliphatic carbocycles. The lowest BCUT2D eigenvalue weighted by molar-refractivity contribution is 1.14. The summed E-state index contributed by atoms with van der Waals surface area (Å²) in [5, 5.41) is 1.89. The lowest BCUT2D eigenvalue weighted by Gasteiger charge is -2.14. The summed E-state index contributed by atoms with van der Waals surface area (Å²) in [6.45, 7) is 0. The molecule has 3 nitrogen and oxygen atoms in total. The fraction of sp³-hybridized carbons (Fsp3) is 0.182. The summed E-state index contributed by atoms with van der Waals surface area (Å²) < 4.78 is 0. The fourth-order valence-electron chi connectivity index (χ4n) is 1.63. The Kier molecular flexibility index (Phi) is 2.40. The van der Waals surface area contributed by atoms with Gasteiger partial charge < -0.3 is 9.88 Å². The number of fused-ring (bicyclic) bond motifs is 1. The molecule has 4 heteroatoms. The van der Waals surface area contributed by atoms with Gasteiger partial charge in [-0.15, -0.1) is 0 Å². The van der Waals surface area contributed by atoms with Crippen molar-refractivity contribution in [3.8, 4) is 0 Å². The van der Waals surface area contributed by atoms with E-state index in [9.17, 15) is 4.79 Å². The third kappa shape index (κ3) is 1.70. The van der Waals surface area contributed by atoms with E-state index in [0.717, 1.165) is 11.1 Å². The van der Waals surface area contributed by atoms with Crippen LogP contribution in [0.1, 0.15) is 0 Å². The molecule has 0 atom stereocenters. The highest BCUT2D eigenvalue weighted by Gasteiger charge is 2.06. The van der Waals surface area contributed by atoms with Crippen LogP contribution in [0.4, 0.5) is 5.69 Å². The molecule has 0 spiro atoms. The molecule has 0 fully saturated rings. The lowest BCUT2D eigenvalue weighted by Crippen LogP contribution is -2.12. The molecule has 0 aliphatic rings. The molecule has 0 unspecified atom stereocenters. The van der Waals surface area contributed by atoms with E-state index in [-0.39, 0.29) is 5.56 Å². The minimum atomic E-state index is -0.152. The van der Waals surface area contributed by atoms with Crippen LogP contribution >= 0.6 is 11.6 Å². The fourth-order valence-corrected chi connectivity index (χ4v) is 1.83. The van der Waals surface area contributed by atoms with E-state index in [4.69, 9.17) is 11.6 Å². The standard InChI is InChI=1S/C11H11ClN2O/c1-14(2)9-5-3-4-7-8(9)6-10(12)13-11(7)15/h3-6H,1-2H3,(H,13,15). The number of halogens is 1. The Balaban J connectivity index is 2.91. The Bertz CT molecular complexity index is 560. The van der Waals surface area contributed by atoms with Crippen LogP contribution in [0.5, 0.6) is 0 Å². The van der Waals surface area contributed by atoms with E-state index in [1.54, 1.807) is 12.1 Å². The number of hydrogen-bond acceptors (Lipinski definition) is 2. The van der Waals surface area contributed by atoms with Crippen LogP contribution in [0.2, 0.25) is 5.15 Å². The number of hydrogen-bond donors (Lipinski definition) is 1. The van der Waals surface area contributed by atoms with Crippen molar-refractivity contribution in [3.05, 3.63) is 39.8 Å². The maximum Gasteiger partial charge on any atom is 0.257 e. The summed E-state index contributed by atoms with van der Waals surface area (Å²) in [6, 6.07) is 7.38. The van der Waals surface area contributed by atoms with Crippen molar-refractivity contribution in [2.75, 3.05) is 19.0 Å². The number of aromatic nitrogens is 1. The zero-order valence-electron chi connectivity index (χ0n) is 8.54. The average Bonchev–Trinajstić information content (AvgIpc) is 2.16. The van der Waals surface area contributed by atoms with Crippen molar-refractivity contribution >= 4 is 28.1 Å². The number of benzene rings is 1. The smallest absolute Gasteiger partial charge is 0.257 e. The number of nitrogens with one attached hydrogen (secondary N) is 1. The van der Waals surface area contributed by atoms with Gasteiger partial charge >= 0.3 is 0 Å². The van der Waals surface area contributed by atoms with Crippen molar-refractivity contribution < 1.29 is 0 Å². The minimum Gasteiger partial charge on any atom is -0.377 e. The molecular weight excluding hydrogens is 212 g/mol. The predicted octanol–water partition coefficient (Wildman–Crippen LogP) is 2.25. The molecule has 78 valence electrons. The molecule has 0 saturated heterocycles. The SMILES string of the molecule is CN(C)c1cccc2c(=O)[nH]c(Cl)cc12. The van der Waals surface area contributed by atoms with E-state index >= 15 is 0 Å². The zero-order valence-corrected chi connectivity index (χ0v) is 9.30. The number of nitrogens with zero attached hydrogens (tertiary/aromatic N) is 1. The first-order chi connectivity index (χ1) is 7.09. The Morgan fingerprint density at radius 1 is 1.27 bits per heavy atom. The number of anilines is 1. The molecule has 0 radical (unpaired) electrons. The topological polar surface area (TPSA) is 36.1 Å². The first kappa shape index (κ1) is 10.1.